The molecule has 4 nitrogen and oxygen atoms in total. The van der Waals surface area contributed by atoms with Crippen LogP contribution >= 0.6 is 0 Å². The predicted molar refractivity (Wildman–Crippen MR) is 62.7 cm³/mol. The summed E-state index contributed by atoms with van der Waals surface area (Å²) in [7, 11) is 3.23. The van der Waals surface area contributed by atoms with Crippen molar-refractivity contribution >= 4 is 0 Å². The third kappa shape index (κ3) is 2.29. The Morgan fingerprint density at radius 3 is 2.12 bits per heavy atom. The lowest BCUT2D eigenvalue weighted by atomic mass is 10.2. The first-order chi connectivity index (χ1) is 8.03. The maximum absolute atomic E-state index is 5.68. The average molecular weight is 238 g/mol. The molecule has 4 heteroatoms. The lowest BCUT2D eigenvalue weighted by Gasteiger charge is -2.14. The van der Waals surface area contributed by atoms with Crippen molar-refractivity contribution < 1.29 is 18.9 Å². The van der Waals surface area contributed by atoms with Crippen molar-refractivity contribution in [2.75, 3.05) is 14.2 Å². The number of epoxide rings is 1. The second kappa shape index (κ2) is 4.29. The van der Waals surface area contributed by atoms with Gasteiger partial charge in [0.2, 0.25) is 0 Å². The van der Waals surface area contributed by atoms with Gasteiger partial charge in [0.15, 0.2) is 0 Å². The molecule has 94 valence electrons. The van der Waals surface area contributed by atoms with Gasteiger partial charge >= 0.3 is 5.97 Å². The second-order valence-electron chi connectivity index (χ2n) is 4.51. The van der Waals surface area contributed by atoms with Crippen LogP contribution in [-0.2, 0) is 20.8 Å². The molecule has 0 saturated carbocycles. The second-order valence-corrected chi connectivity index (χ2v) is 4.51. The number of hydrogen-bond acceptors (Lipinski definition) is 4. The Balaban J connectivity index is 1.94. The summed E-state index contributed by atoms with van der Waals surface area (Å²) in [6.07, 6.45) is 0. The van der Waals surface area contributed by atoms with Crippen LogP contribution in [0.2, 0.25) is 0 Å². The van der Waals surface area contributed by atoms with E-state index in [1.165, 1.54) is 0 Å². The monoisotopic (exact) mass is 238 g/mol. The molecule has 1 fully saturated rings. The molecule has 1 aromatic carbocycles. The molecule has 1 saturated heterocycles. The molecule has 17 heavy (non-hydrogen) atoms. The van der Waals surface area contributed by atoms with Crippen molar-refractivity contribution in [1.82, 2.24) is 0 Å². The number of rotatable bonds is 5. The van der Waals surface area contributed by atoms with E-state index < -0.39 is 5.97 Å². The Morgan fingerprint density at radius 1 is 1.12 bits per heavy atom. The van der Waals surface area contributed by atoms with Crippen molar-refractivity contribution in [3.05, 3.63) is 29.8 Å². The molecule has 0 N–H and O–H groups in total. The molecule has 0 spiro atoms. The molecule has 0 bridgehead atoms. The summed E-state index contributed by atoms with van der Waals surface area (Å²) >= 11 is 0. The Kier molecular flexibility index (Phi) is 3.12. The lowest BCUT2D eigenvalue weighted by Crippen LogP contribution is -2.26. The van der Waals surface area contributed by atoms with E-state index in [1.807, 2.05) is 38.1 Å². The molecular weight excluding hydrogens is 220 g/mol. The molecule has 1 heterocycles. The summed E-state index contributed by atoms with van der Waals surface area (Å²) in [5.41, 5.74) is 0.669. The molecule has 1 aliphatic rings. The quantitative estimate of drug-likeness (QED) is 0.583. The topological polar surface area (TPSA) is 40.2 Å². The van der Waals surface area contributed by atoms with E-state index in [0.29, 0.717) is 6.61 Å². The maximum atomic E-state index is 5.68. The first-order valence-electron chi connectivity index (χ1n) is 5.55. The Hall–Kier alpha value is -1.10. The van der Waals surface area contributed by atoms with Crippen molar-refractivity contribution in [3.8, 4) is 5.75 Å². The summed E-state index contributed by atoms with van der Waals surface area (Å²) < 4.78 is 21.5. The number of hydrogen-bond donors (Lipinski definition) is 0. The first-order valence-corrected chi connectivity index (χ1v) is 5.55. The summed E-state index contributed by atoms with van der Waals surface area (Å²) in [5, 5.41) is 0. The van der Waals surface area contributed by atoms with Gasteiger partial charge in [-0.1, -0.05) is 12.1 Å². The van der Waals surface area contributed by atoms with Gasteiger partial charge in [0.1, 0.15) is 11.4 Å². The molecule has 0 radical (unpaired) electrons. The fraction of sp³-hybridized carbons (Fsp3) is 0.538. The van der Waals surface area contributed by atoms with E-state index in [1.54, 1.807) is 14.2 Å². The van der Waals surface area contributed by atoms with Gasteiger partial charge in [-0.2, -0.15) is 0 Å². The average Bonchev–Trinajstić information content (AvgIpc) is 2.90. The molecule has 1 aromatic rings. The van der Waals surface area contributed by atoms with Crippen LogP contribution in [-0.4, -0.2) is 25.8 Å². The van der Waals surface area contributed by atoms with Gasteiger partial charge in [-0.25, -0.2) is 0 Å². The number of benzene rings is 1. The molecule has 0 aromatic heterocycles. The SMILES string of the molecule is COc1ccc(COC2(OC)OC2(C)C)cc1. The van der Waals surface area contributed by atoms with E-state index in [4.69, 9.17) is 18.9 Å². The minimum atomic E-state index is -0.896. The van der Waals surface area contributed by atoms with Crippen LogP contribution in [0.1, 0.15) is 19.4 Å². The van der Waals surface area contributed by atoms with E-state index in [2.05, 4.69) is 0 Å². The van der Waals surface area contributed by atoms with Crippen molar-refractivity contribution in [2.24, 2.45) is 0 Å². The smallest absolute Gasteiger partial charge is 0.314 e. The van der Waals surface area contributed by atoms with Crippen LogP contribution in [0.4, 0.5) is 0 Å². The predicted octanol–water partition coefficient (Wildman–Crippen LogP) is 2.32. The van der Waals surface area contributed by atoms with Crippen LogP contribution in [0.5, 0.6) is 5.75 Å². The first kappa shape index (κ1) is 12.4. The third-order valence-electron chi connectivity index (χ3n) is 2.94. The summed E-state index contributed by atoms with van der Waals surface area (Å²) in [6, 6.07) is 7.71. The third-order valence-corrected chi connectivity index (χ3v) is 2.94. The van der Waals surface area contributed by atoms with Crippen LogP contribution < -0.4 is 4.74 Å². The zero-order valence-corrected chi connectivity index (χ0v) is 10.6. The number of methoxy groups -OCH3 is 2. The van der Waals surface area contributed by atoms with Crippen LogP contribution in [0.25, 0.3) is 0 Å². The van der Waals surface area contributed by atoms with Gasteiger partial charge < -0.3 is 18.9 Å². The highest BCUT2D eigenvalue weighted by Crippen LogP contribution is 2.49. The number of ether oxygens (including phenoxy) is 4. The lowest BCUT2D eigenvalue weighted by molar-refractivity contribution is -0.221. The normalized spacial score (nSPS) is 25.6. The van der Waals surface area contributed by atoms with Gasteiger partial charge in [-0.15, -0.1) is 0 Å². The highest BCUT2D eigenvalue weighted by molar-refractivity contribution is 5.26. The standard InChI is InChI=1S/C13H18O4/c1-12(2)13(15-4,17-12)16-9-10-5-7-11(14-3)8-6-10/h5-8H,9H2,1-4H3. The van der Waals surface area contributed by atoms with Gasteiger partial charge in [0, 0.05) is 7.11 Å². The van der Waals surface area contributed by atoms with Crippen molar-refractivity contribution in [2.45, 2.75) is 32.0 Å². The van der Waals surface area contributed by atoms with Gasteiger partial charge in [0.25, 0.3) is 0 Å². The Labute approximate surface area is 101 Å². The molecule has 2 rings (SSSR count). The van der Waals surface area contributed by atoms with E-state index in [0.717, 1.165) is 11.3 Å². The fourth-order valence-corrected chi connectivity index (χ4v) is 1.76. The van der Waals surface area contributed by atoms with Gasteiger partial charge in [0.05, 0.1) is 13.7 Å². The van der Waals surface area contributed by atoms with Crippen LogP contribution in [0.15, 0.2) is 24.3 Å². The summed E-state index contributed by atoms with van der Waals surface area (Å²) in [5.74, 6) is -0.0642. The fourth-order valence-electron chi connectivity index (χ4n) is 1.76. The molecular formula is C13H18O4. The summed E-state index contributed by atoms with van der Waals surface area (Å²) in [4.78, 5) is 0. The largest absolute Gasteiger partial charge is 0.497 e. The van der Waals surface area contributed by atoms with E-state index in [9.17, 15) is 0 Å². The minimum Gasteiger partial charge on any atom is -0.497 e. The Morgan fingerprint density at radius 2 is 1.71 bits per heavy atom. The van der Waals surface area contributed by atoms with Gasteiger partial charge in [-0.05, 0) is 31.5 Å². The Bertz CT molecular complexity index is 385. The zero-order valence-electron chi connectivity index (χ0n) is 10.6. The zero-order chi connectivity index (χ0) is 12.5. The molecule has 1 unspecified atom stereocenters. The minimum absolute atomic E-state index is 0.381. The molecule has 1 atom stereocenters. The molecule has 1 aliphatic heterocycles. The molecule has 0 amide bonds. The van der Waals surface area contributed by atoms with Crippen molar-refractivity contribution in [3.63, 3.8) is 0 Å². The van der Waals surface area contributed by atoms with E-state index in [-0.39, 0.29) is 5.60 Å². The van der Waals surface area contributed by atoms with Crippen molar-refractivity contribution in [1.29, 1.82) is 0 Å². The van der Waals surface area contributed by atoms with Crippen LogP contribution in [0, 0.1) is 0 Å². The van der Waals surface area contributed by atoms with Crippen LogP contribution in [0.3, 0.4) is 0 Å². The maximum Gasteiger partial charge on any atom is 0.314 e. The van der Waals surface area contributed by atoms with E-state index >= 15 is 0 Å². The summed E-state index contributed by atoms with van der Waals surface area (Å²) in [6.45, 7) is 4.32. The van der Waals surface area contributed by atoms with Gasteiger partial charge in [-0.3, -0.25) is 0 Å². The molecule has 0 aliphatic carbocycles. The highest BCUT2D eigenvalue weighted by Gasteiger charge is 2.67. The highest BCUT2D eigenvalue weighted by atomic mass is 17.0.